The van der Waals surface area contributed by atoms with Crippen LogP contribution in [0, 0.1) is 0 Å². The molecule has 2 aromatic rings. The fourth-order valence-electron chi connectivity index (χ4n) is 3.43. The number of nitrogens with zero attached hydrogens (tertiary/aromatic N) is 1. The highest BCUT2D eigenvalue weighted by molar-refractivity contribution is 5.46. The van der Waals surface area contributed by atoms with Crippen LogP contribution in [-0.4, -0.2) is 51.7 Å². The van der Waals surface area contributed by atoms with Gasteiger partial charge in [-0.1, -0.05) is 18.2 Å². The number of hydrogen-bond acceptors (Lipinski definition) is 5. The molecule has 152 valence electrons. The maximum Gasteiger partial charge on any atom is 0.573 e. The van der Waals surface area contributed by atoms with Gasteiger partial charge in [0.2, 0.25) is 0 Å². The van der Waals surface area contributed by atoms with Gasteiger partial charge in [-0.3, -0.25) is 4.90 Å². The van der Waals surface area contributed by atoms with Gasteiger partial charge in [0.1, 0.15) is 5.75 Å². The number of ether oxygens (including phenoxy) is 3. The Bertz CT molecular complexity index is 775. The summed E-state index contributed by atoms with van der Waals surface area (Å²) in [7, 11) is 3.15. The van der Waals surface area contributed by atoms with Crippen molar-refractivity contribution in [2.75, 3.05) is 40.4 Å². The molecule has 1 aliphatic heterocycles. The topological polar surface area (TPSA) is 43.0 Å². The number of rotatable bonds is 6. The predicted molar refractivity (Wildman–Crippen MR) is 99.0 cm³/mol. The average Bonchev–Trinajstić information content (AvgIpc) is 2.69. The Balaban J connectivity index is 1.95. The Morgan fingerprint density at radius 1 is 0.893 bits per heavy atom. The minimum absolute atomic E-state index is 0.123. The first-order chi connectivity index (χ1) is 13.4. The molecule has 0 unspecified atom stereocenters. The standard InChI is InChI=1S/C20H23F3N2O3/c1-26-17-8-5-15(13-18(17)27-2)19(25-11-9-24-10-12-25)14-3-6-16(7-4-14)28-20(21,22)23/h3-8,13,19,24H,9-12H2,1-2H3/t19-/m0/s1. The largest absolute Gasteiger partial charge is 0.573 e. The SMILES string of the molecule is COc1ccc([C@H](c2ccc(OC(F)(F)F)cc2)N2CCNCC2)cc1OC. The van der Waals surface area contributed by atoms with Crippen LogP contribution in [0.25, 0.3) is 0 Å². The van der Waals surface area contributed by atoms with Crippen LogP contribution >= 0.6 is 0 Å². The zero-order valence-corrected chi connectivity index (χ0v) is 15.8. The molecule has 1 aliphatic rings. The van der Waals surface area contributed by atoms with Crippen LogP contribution in [-0.2, 0) is 0 Å². The van der Waals surface area contributed by atoms with Gasteiger partial charge in [0.25, 0.3) is 0 Å². The summed E-state index contributed by atoms with van der Waals surface area (Å²) in [6.07, 6.45) is -4.71. The van der Waals surface area contributed by atoms with E-state index in [-0.39, 0.29) is 11.8 Å². The minimum atomic E-state index is -4.71. The highest BCUT2D eigenvalue weighted by atomic mass is 19.4. The van der Waals surface area contributed by atoms with Gasteiger partial charge in [-0.05, 0) is 35.4 Å². The maximum atomic E-state index is 12.4. The number of hydrogen-bond donors (Lipinski definition) is 1. The lowest BCUT2D eigenvalue weighted by molar-refractivity contribution is -0.274. The van der Waals surface area contributed by atoms with Gasteiger partial charge in [0.15, 0.2) is 11.5 Å². The van der Waals surface area contributed by atoms with Gasteiger partial charge < -0.3 is 19.5 Å². The van der Waals surface area contributed by atoms with Crippen molar-refractivity contribution in [3.8, 4) is 17.2 Å². The quantitative estimate of drug-likeness (QED) is 0.808. The van der Waals surface area contributed by atoms with E-state index in [0.29, 0.717) is 11.5 Å². The first kappa shape index (κ1) is 20.3. The molecule has 1 N–H and O–H groups in total. The van der Waals surface area contributed by atoms with E-state index in [1.165, 1.54) is 12.1 Å². The smallest absolute Gasteiger partial charge is 0.493 e. The molecule has 5 nitrogen and oxygen atoms in total. The molecule has 1 heterocycles. The number of alkyl halides is 3. The van der Waals surface area contributed by atoms with Gasteiger partial charge in [-0.2, -0.15) is 0 Å². The van der Waals surface area contributed by atoms with E-state index in [0.717, 1.165) is 37.3 Å². The number of halogens is 3. The van der Waals surface area contributed by atoms with Crippen molar-refractivity contribution in [1.82, 2.24) is 10.2 Å². The summed E-state index contributed by atoms with van der Waals surface area (Å²) in [5.74, 6) is 0.999. The zero-order valence-electron chi connectivity index (χ0n) is 15.8. The van der Waals surface area contributed by atoms with Crippen LogP contribution < -0.4 is 19.5 Å². The van der Waals surface area contributed by atoms with Crippen molar-refractivity contribution >= 4 is 0 Å². The first-order valence-electron chi connectivity index (χ1n) is 8.93. The summed E-state index contributed by atoms with van der Waals surface area (Å²) >= 11 is 0. The third-order valence-corrected chi connectivity index (χ3v) is 4.67. The fourth-order valence-corrected chi connectivity index (χ4v) is 3.43. The van der Waals surface area contributed by atoms with Crippen molar-refractivity contribution in [1.29, 1.82) is 0 Å². The van der Waals surface area contributed by atoms with Crippen molar-refractivity contribution in [2.45, 2.75) is 12.4 Å². The Hall–Kier alpha value is -2.45. The number of nitrogens with one attached hydrogen (secondary N) is 1. The summed E-state index contributed by atoms with van der Waals surface area (Å²) in [5.41, 5.74) is 1.85. The lowest BCUT2D eigenvalue weighted by Gasteiger charge is -2.35. The first-order valence-corrected chi connectivity index (χ1v) is 8.93. The molecule has 3 rings (SSSR count). The highest BCUT2D eigenvalue weighted by Gasteiger charge is 2.31. The van der Waals surface area contributed by atoms with Gasteiger partial charge in [0.05, 0.1) is 20.3 Å². The van der Waals surface area contributed by atoms with Gasteiger partial charge >= 0.3 is 6.36 Å². The molecule has 1 fully saturated rings. The van der Waals surface area contributed by atoms with Gasteiger partial charge in [-0.15, -0.1) is 13.2 Å². The van der Waals surface area contributed by atoms with Gasteiger partial charge in [-0.25, -0.2) is 0 Å². The minimum Gasteiger partial charge on any atom is -0.493 e. The number of piperazine rings is 1. The van der Waals surface area contributed by atoms with Crippen molar-refractivity contribution in [2.24, 2.45) is 0 Å². The molecule has 0 amide bonds. The molecular formula is C20H23F3N2O3. The van der Waals surface area contributed by atoms with Crippen molar-refractivity contribution in [3.63, 3.8) is 0 Å². The lowest BCUT2D eigenvalue weighted by atomic mass is 9.96. The van der Waals surface area contributed by atoms with E-state index >= 15 is 0 Å². The third kappa shape index (κ3) is 4.88. The summed E-state index contributed by atoms with van der Waals surface area (Å²) in [5, 5.41) is 3.32. The fraction of sp³-hybridized carbons (Fsp3) is 0.400. The zero-order chi connectivity index (χ0) is 20.1. The second kappa shape index (κ2) is 8.70. The van der Waals surface area contributed by atoms with Crippen LogP contribution in [0.1, 0.15) is 17.2 Å². The molecule has 0 saturated carbocycles. The molecule has 1 saturated heterocycles. The van der Waals surface area contributed by atoms with Crippen LogP contribution in [0.2, 0.25) is 0 Å². The highest BCUT2D eigenvalue weighted by Crippen LogP contribution is 2.36. The maximum absolute atomic E-state index is 12.4. The summed E-state index contributed by atoms with van der Waals surface area (Å²) in [6.45, 7) is 3.33. The Kier molecular flexibility index (Phi) is 6.31. The second-order valence-electron chi connectivity index (χ2n) is 6.42. The normalized spacial score (nSPS) is 16.5. The molecule has 0 aliphatic carbocycles. The molecule has 2 aromatic carbocycles. The second-order valence-corrected chi connectivity index (χ2v) is 6.42. The summed E-state index contributed by atoms with van der Waals surface area (Å²) < 4.78 is 52.1. The van der Waals surface area contributed by atoms with E-state index in [2.05, 4.69) is 15.0 Å². The molecular weight excluding hydrogens is 373 g/mol. The van der Waals surface area contributed by atoms with E-state index in [1.807, 2.05) is 18.2 Å². The van der Waals surface area contributed by atoms with E-state index < -0.39 is 6.36 Å². The lowest BCUT2D eigenvalue weighted by Crippen LogP contribution is -2.45. The van der Waals surface area contributed by atoms with Gasteiger partial charge in [0, 0.05) is 26.2 Å². The Morgan fingerprint density at radius 2 is 1.50 bits per heavy atom. The predicted octanol–water partition coefficient (Wildman–Crippen LogP) is 3.60. The number of methoxy groups -OCH3 is 2. The van der Waals surface area contributed by atoms with Crippen LogP contribution in [0.15, 0.2) is 42.5 Å². The van der Waals surface area contributed by atoms with Crippen LogP contribution in [0.5, 0.6) is 17.2 Å². The van der Waals surface area contributed by atoms with E-state index in [1.54, 1.807) is 26.4 Å². The van der Waals surface area contributed by atoms with Crippen molar-refractivity contribution < 1.29 is 27.4 Å². The molecule has 28 heavy (non-hydrogen) atoms. The van der Waals surface area contributed by atoms with E-state index in [4.69, 9.17) is 9.47 Å². The Morgan fingerprint density at radius 3 is 2.07 bits per heavy atom. The van der Waals surface area contributed by atoms with Crippen LogP contribution in [0.3, 0.4) is 0 Å². The number of benzene rings is 2. The molecule has 0 aromatic heterocycles. The molecule has 8 heteroatoms. The molecule has 0 bridgehead atoms. The summed E-state index contributed by atoms with van der Waals surface area (Å²) in [4.78, 5) is 2.29. The summed E-state index contributed by atoms with van der Waals surface area (Å²) in [6, 6.07) is 11.6. The third-order valence-electron chi connectivity index (χ3n) is 4.67. The molecule has 0 radical (unpaired) electrons. The monoisotopic (exact) mass is 396 g/mol. The Labute approximate surface area is 162 Å². The van der Waals surface area contributed by atoms with Crippen LogP contribution in [0.4, 0.5) is 13.2 Å². The molecule has 1 atom stereocenters. The molecule has 0 spiro atoms. The van der Waals surface area contributed by atoms with Crippen molar-refractivity contribution in [3.05, 3.63) is 53.6 Å². The van der Waals surface area contributed by atoms with E-state index in [9.17, 15) is 13.2 Å². The average molecular weight is 396 g/mol.